The third kappa shape index (κ3) is 2.30. The lowest BCUT2D eigenvalue weighted by atomic mass is 9.95. The lowest BCUT2D eigenvalue weighted by Gasteiger charge is -2.30. The highest BCUT2D eigenvalue weighted by molar-refractivity contribution is 7.12. The number of rotatable bonds is 2. The lowest BCUT2D eigenvalue weighted by Crippen LogP contribution is -2.19. The fraction of sp³-hybridized carbons (Fsp3) is 0.375. The Morgan fingerprint density at radius 1 is 1.25 bits per heavy atom. The van der Waals surface area contributed by atoms with Crippen LogP contribution in [0.25, 0.3) is 0 Å². The number of hydrogen-bond acceptors (Lipinski definition) is 4. The number of aliphatic hydroxyl groups is 1. The first-order valence-electron chi connectivity index (χ1n) is 6.68. The molecule has 0 bridgehead atoms. The normalized spacial score (nSPS) is 21.2. The SMILES string of the molecule is COc1ccc2c(c1)OC(c1cc(C)sc1C)C[C@H]2O. The van der Waals surface area contributed by atoms with E-state index in [4.69, 9.17) is 9.47 Å². The van der Waals surface area contributed by atoms with Crippen LogP contribution in [-0.2, 0) is 0 Å². The standard InChI is InChI=1S/C16H18O3S/c1-9-6-13(10(2)20-9)16-8-14(17)12-5-4-11(18-3)7-15(12)19-16/h4-7,14,16-17H,8H2,1-3H3/t14-,16?/m1/s1. The number of ether oxygens (including phenoxy) is 2. The molecule has 20 heavy (non-hydrogen) atoms. The first-order chi connectivity index (χ1) is 9.58. The molecule has 1 aromatic carbocycles. The molecule has 0 amide bonds. The molecule has 106 valence electrons. The first-order valence-corrected chi connectivity index (χ1v) is 7.49. The Bertz CT molecular complexity index is 633. The summed E-state index contributed by atoms with van der Waals surface area (Å²) in [5, 5.41) is 10.3. The smallest absolute Gasteiger partial charge is 0.129 e. The molecule has 0 radical (unpaired) electrons. The van der Waals surface area contributed by atoms with Crippen LogP contribution in [0.2, 0.25) is 0 Å². The Hall–Kier alpha value is -1.52. The molecular formula is C16H18O3S. The van der Waals surface area contributed by atoms with Crippen LogP contribution < -0.4 is 9.47 Å². The van der Waals surface area contributed by atoms with E-state index in [0.29, 0.717) is 6.42 Å². The van der Waals surface area contributed by atoms with Crippen molar-refractivity contribution in [2.45, 2.75) is 32.5 Å². The van der Waals surface area contributed by atoms with E-state index in [1.54, 1.807) is 18.4 Å². The summed E-state index contributed by atoms with van der Waals surface area (Å²) in [5.74, 6) is 1.46. The third-order valence-corrected chi connectivity index (χ3v) is 4.69. The lowest BCUT2D eigenvalue weighted by molar-refractivity contribution is 0.0654. The second kappa shape index (κ2) is 5.11. The van der Waals surface area contributed by atoms with Crippen molar-refractivity contribution in [3.8, 4) is 11.5 Å². The summed E-state index contributed by atoms with van der Waals surface area (Å²) in [5.41, 5.74) is 2.02. The topological polar surface area (TPSA) is 38.7 Å². The van der Waals surface area contributed by atoms with Gasteiger partial charge in [0.25, 0.3) is 0 Å². The van der Waals surface area contributed by atoms with Crippen LogP contribution in [0.1, 0.15) is 39.5 Å². The van der Waals surface area contributed by atoms with Crippen LogP contribution in [0.3, 0.4) is 0 Å². The zero-order valence-electron chi connectivity index (χ0n) is 11.8. The summed E-state index contributed by atoms with van der Waals surface area (Å²) in [6.45, 7) is 4.20. The highest BCUT2D eigenvalue weighted by Crippen LogP contribution is 2.43. The van der Waals surface area contributed by atoms with Crippen molar-refractivity contribution in [3.63, 3.8) is 0 Å². The number of thiophene rings is 1. The predicted molar refractivity (Wildman–Crippen MR) is 79.7 cm³/mol. The Balaban J connectivity index is 1.96. The van der Waals surface area contributed by atoms with E-state index in [9.17, 15) is 5.11 Å². The van der Waals surface area contributed by atoms with Gasteiger partial charge in [0, 0.05) is 33.4 Å². The third-order valence-electron chi connectivity index (χ3n) is 3.71. The number of methoxy groups -OCH3 is 1. The van der Waals surface area contributed by atoms with Crippen molar-refractivity contribution < 1.29 is 14.6 Å². The van der Waals surface area contributed by atoms with E-state index in [-0.39, 0.29) is 6.10 Å². The molecule has 0 saturated heterocycles. The molecule has 1 unspecified atom stereocenters. The maximum absolute atomic E-state index is 10.3. The molecule has 1 aliphatic heterocycles. The molecule has 2 atom stereocenters. The van der Waals surface area contributed by atoms with E-state index in [2.05, 4.69) is 19.9 Å². The van der Waals surface area contributed by atoms with Crippen molar-refractivity contribution in [2.24, 2.45) is 0 Å². The van der Waals surface area contributed by atoms with Gasteiger partial charge in [0.15, 0.2) is 0 Å². The van der Waals surface area contributed by atoms with E-state index in [1.807, 2.05) is 18.2 Å². The second-order valence-electron chi connectivity index (χ2n) is 5.13. The fourth-order valence-corrected chi connectivity index (χ4v) is 3.69. The minimum Gasteiger partial charge on any atom is -0.497 e. The van der Waals surface area contributed by atoms with Gasteiger partial charge in [-0.3, -0.25) is 0 Å². The molecule has 0 saturated carbocycles. The summed E-state index contributed by atoms with van der Waals surface area (Å²) in [6.07, 6.45) is 0.0138. The van der Waals surface area contributed by atoms with Gasteiger partial charge >= 0.3 is 0 Å². The number of aryl methyl sites for hydroxylation is 2. The van der Waals surface area contributed by atoms with Gasteiger partial charge in [0.05, 0.1) is 13.2 Å². The molecule has 1 aliphatic rings. The second-order valence-corrected chi connectivity index (χ2v) is 6.59. The summed E-state index contributed by atoms with van der Waals surface area (Å²) in [7, 11) is 1.63. The number of aliphatic hydroxyl groups excluding tert-OH is 1. The predicted octanol–water partition coefficient (Wildman–Crippen LogP) is 3.93. The van der Waals surface area contributed by atoms with Gasteiger partial charge in [-0.2, -0.15) is 0 Å². The number of hydrogen-bond donors (Lipinski definition) is 1. The van der Waals surface area contributed by atoms with Crippen molar-refractivity contribution in [1.29, 1.82) is 0 Å². The average molecular weight is 290 g/mol. The molecule has 0 spiro atoms. The fourth-order valence-electron chi connectivity index (χ4n) is 2.71. The van der Waals surface area contributed by atoms with Gasteiger partial charge in [-0.05, 0) is 32.0 Å². The van der Waals surface area contributed by atoms with Crippen LogP contribution in [0.5, 0.6) is 11.5 Å². The monoisotopic (exact) mass is 290 g/mol. The van der Waals surface area contributed by atoms with Gasteiger partial charge in [-0.1, -0.05) is 0 Å². The number of benzene rings is 1. The Morgan fingerprint density at radius 2 is 2.05 bits per heavy atom. The van der Waals surface area contributed by atoms with Gasteiger partial charge in [-0.25, -0.2) is 0 Å². The largest absolute Gasteiger partial charge is 0.497 e. The molecular weight excluding hydrogens is 272 g/mol. The molecule has 3 nitrogen and oxygen atoms in total. The highest BCUT2D eigenvalue weighted by Gasteiger charge is 2.29. The summed E-state index contributed by atoms with van der Waals surface area (Å²) >= 11 is 1.77. The highest BCUT2D eigenvalue weighted by atomic mass is 32.1. The van der Waals surface area contributed by atoms with Crippen LogP contribution >= 0.6 is 11.3 Å². The van der Waals surface area contributed by atoms with E-state index < -0.39 is 6.10 Å². The van der Waals surface area contributed by atoms with Gasteiger partial charge < -0.3 is 14.6 Å². The quantitative estimate of drug-likeness (QED) is 0.910. The maximum atomic E-state index is 10.3. The van der Waals surface area contributed by atoms with Gasteiger partial charge in [0.1, 0.15) is 17.6 Å². The van der Waals surface area contributed by atoms with E-state index in [1.165, 1.54) is 15.3 Å². The van der Waals surface area contributed by atoms with Crippen LogP contribution in [0, 0.1) is 13.8 Å². The van der Waals surface area contributed by atoms with Crippen LogP contribution in [-0.4, -0.2) is 12.2 Å². The molecule has 4 heteroatoms. The molecule has 1 aromatic heterocycles. The minimum atomic E-state index is -0.491. The van der Waals surface area contributed by atoms with Gasteiger partial charge in [-0.15, -0.1) is 11.3 Å². The zero-order chi connectivity index (χ0) is 14.3. The van der Waals surface area contributed by atoms with Gasteiger partial charge in [0.2, 0.25) is 0 Å². The van der Waals surface area contributed by atoms with Crippen molar-refractivity contribution in [1.82, 2.24) is 0 Å². The van der Waals surface area contributed by atoms with E-state index in [0.717, 1.165) is 17.1 Å². The van der Waals surface area contributed by atoms with Crippen molar-refractivity contribution >= 4 is 11.3 Å². The molecule has 0 fully saturated rings. The van der Waals surface area contributed by atoms with Crippen LogP contribution in [0.15, 0.2) is 24.3 Å². The number of fused-ring (bicyclic) bond motifs is 1. The maximum Gasteiger partial charge on any atom is 0.129 e. The Kier molecular flexibility index (Phi) is 3.44. The molecule has 1 N–H and O–H groups in total. The summed E-state index contributed by atoms with van der Waals surface area (Å²) < 4.78 is 11.3. The molecule has 2 heterocycles. The molecule has 0 aliphatic carbocycles. The minimum absolute atomic E-state index is 0.0884. The van der Waals surface area contributed by atoms with E-state index >= 15 is 0 Å². The summed E-state index contributed by atoms with van der Waals surface area (Å²) in [4.78, 5) is 2.53. The Morgan fingerprint density at radius 3 is 2.70 bits per heavy atom. The first kappa shape index (κ1) is 13.5. The van der Waals surface area contributed by atoms with Crippen molar-refractivity contribution in [3.05, 3.63) is 45.1 Å². The van der Waals surface area contributed by atoms with Crippen LogP contribution in [0.4, 0.5) is 0 Å². The zero-order valence-corrected chi connectivity index (χ0v) is 12.7. The summed E-state index contributed by atoms with van der Waals surface area (Å²) in [6, 6.07) is 7.73. The average Bonchev–Trinajstić information content (AvgIpc) is 2.77. The molecule has 3 rings (SSSR count). The van der Waals surface area contributed by atoms with Crippen molar-refractivity contribution in [2.75, 3.05) is 7.11 Å². The Labute approximate surface area is 122 Å². The molecule has 2 aromatic rings.